The van der Waals surface area contributed by atoms with Crippen molar-refractivity contribution in [3.63, 3.8) is 0 Å². The second-order valence-electron chi connectivity index (χ2n) is 7.75. The Morgan fingerprint density at radius 2 is 1.85 bits per heavy atom. The summed E-state index contributed by atoms with van der Waals surface area (Å²) in [6, 6.07) is 17.2. The van der Waals surface area contributed by atoms with E-state index in [0.29, 0.717) is 52.7 Å². The SMILES string of the molecule is O=C(Nc1ccc(Cl)c(-c2nccc3ncccc23)c1)c1ccc(N2CCCNS2(=O)=O)cc1. The summed E-state index contributed by atoms with van der Waals surface area (Å²) in [4.78, 5) is 21.7. The van der Waals surface area contributed by atoms with Gasteiger partial charge >= 0.3 is 10.2 Å². The monoisotopic (exact) mass is 493 g/mol. The predicted octanol–water partition coefficient (Wildman–Crippen LogP) is 4.25. The van der Waals surface area contributed by atoms with Crippen molar-refractivity contribution in [3.05, 3.63) is 83.6 Å². The molecule has 2 aromatic carbocycles. The molecule has 1 fully saturated rings. The van der Waals surface area contributed by atoms with Crippen LogP contribution >= 0.6 is 11.6 Å². The van der Waals surface area contributed by atoms with Gasteiger partial charge in [-0.3, -0.25) is 19.1 Å². The van der Waals surface area contributed by atoms with Crippen molar-refractivity contribution in [2.75, 3.05) is 22.7 Å². The van der Waals surface area contributed by atoms with Crippen LogP contribution < -0.4 is 14.3 Å². The van der Waals surface area contributed by atoms with Crippen LogP contribution in [-0.2, 0) is 10.2 Å². The van der Waals surface area contributed by atoms with Gasteiger partial charge in [-0.2, -0.15) is 13.1 Å². The van der Waals surface area contributed by atoms with Crippen LogP contribution in [0, 0.1) is 0 Å². The summed E-state index contributed by atoms with van der Waals surface area (Å²) in [5, 5.41) is 4.23. The number of benzene rings is 2. The molecule has 1 saturated heterocycles. The number of carbonyl (C=O) groups excluding carboxylic acids is 1. The maximum absolute atomic E-state index is 12.9. The number of hydrogen-bond donors (Lipinski definition) is 2. The molecule has 1 amide bonds. The number of nitrogens with zero attached hydrogens (tertiary/aromatic N) is 3. The third kappa shape index (κ3) is 4.33. The van der Waals surface area contributed by atoms with Crippen molar-refractivity contribution in [1.29, 1.82) is 0 Å². The molecule has 3 heterocycles. The highest BCUT2D eigenvalue weighted by Crippen LogP contribution is 2.33. The van der Waals surface area contributed by atoms with Gasteiger partial charge in [-0.05, 0) is 67.1 Å². The highest BCUT2D eigenvalue weighted by atomic mass is 35.5. The van der Waals surface area contributed by atoms with Gasteiger partial charge in [0.2, 0.25) is 0 Å². The van der Waals surface area contributed by atoms with E-state index < -0.39 is 10.2 Å². The van der Waals surface area contributed by atoms with Gasteiger partial charge in [0.25, 0.3) is 5.91 Å². The third-order valence-corrected chi connectivity index (χ3v) is 7.41. The highest BCUT2D eigenvalue weighted by molar-refractivity contribution is 7.90. The fraction of sp³-hybridized carbons (Fsp3) is 0.125. The van der Waals surface area contributed by atoms with Gasteiger partial charge in [0.15, 0.2) is 0 Å². The average molecular weight is 494 g/mol. The van der Waals surface area contributed by atoms with Gasteiger partial charge < -0.3 is 5.32 Å². The van der Waals surface area contributed by atoms with Gasteiger partial charge in [0, 0.05) is 47.7 Å². The fourth-order valence-corrected chi connectivity index (χ4v) is 5.41. The Hall–Kier alpha value is -3.53. The first-order valence-electron chi connectivity index (χ1n) is 10.6. The molecule has 10 heteroatoms. The lowest BCUT2D eigenvalue weighted by Gasteiger charge is -2.28. The van der Waals surface area contributed by atoms with Gasteiger partial charge in [-0.15, -0.1) is 0 Å². The average Bonchev–Trinajstić information content (AvgIpc) is 2.85. The number of anilines is 2. The van der Waals surface area contributed by atoms with Crippen LogP contribution in [0.25, 0.3) is 22.2 Å². The molecular formula is C24H20ClN5O3S. The molecule has 8 nitrogen and oxygen atoms in total. The second kappa shape index (κ2) is 9.02. The first-order valence-corrected chi connectivity index (χ1v) is 12.4. The Bertz CT molecular complexity index is 1490. The lowest BCUT2D eigenvalue weighted by Crippen LogP contribution is -2.47. The highest BCUT2D eigenvalue weighted by Gasteiger charge is 2.25. The summed E-state index contributed by atoms with van der Waals surface area (Å²) in [6.45, 7) is 0.819. The van der Waals surface area contributed by atoms with Crippen LogP contribution in [0.15, 0.2) is 73.1 Å². The lowest BCUT2D eigenvalue weighted by atomic mass is 10.1. The summed E-state index contributed by atoms with van der Waals surface area (Å²) >= 11 is 6.47. The number of pyridine rings is 2. The predicted molar refractivity (Wildman–Crippen MR) is 133 cm³/mol. The maximum Gasteiger partial charge on any atom is 0.301 e. The minimum Gasteiger partial charge on any atom is -0.322 e. The summed E-state index contributed by atoms with van der Waals surface area (Å²) in [6.07, 6.45) is 4.10. The molecule has 172 valence electrons. The van der Waals surface area contributed by atoms with E-state index in [-0.39, 0.29) is 5.91 Å². The van der Waals surface area contributed by atoms with Crippen molar-refractivity contribution in [2.45, 2.75) is 6.42 Å². The molecule has 34 heavy (non-hydrogen) atoms. The van der Waals surface area contributed by atoms with E-state index in [1.54, 1.807) is 54.9 Å². The Kier molecular flexibility index (Phi) is 5.91. The standard InChI is InChI=1S/C24H20ClN5O3S/c25-21-9-6-17(15-20(21)23-19-3-1-11-26-22(19)10-13-27-23)29-24(31)16-4-7-18(8-5-16)30-14-2-12-28-34(30,32)33/h1,3-11,13,15,28H,2,12,14H2,(H,29,31). The number of amides is 1. The zero-order valence-corrected chi connectivity index (χ0v) is 19.5. The number of aromatic nitrogens is 2. The molecule has 0 aliphatic carbocycles. The third-order valence-electron chi connectivity index (χ3n) is 5.54. The normalized spacial score (nSPS) is 15.3. The zero-order valence-electron chi connectivity index (χ0n) is 17.9. The quantitative estimate of drug-likeness (QED) is 0.442. The minimum absolute atomic E-state index is 0.327. The van der Waals surface area contributed by atoms with Crippen LogP contribution in [0.5, 0.6) is 0 Å². The topological polar surface area (TPSA) is 104 Å². The summed E-state index contributed by atoms with van der Waals surface area (Å²) in [5.74, 6) is -0.327. The number of nitrogens with one attached hydrogen (secondary N) is 2. The Morgan fingerprint density at radius 3 is 2.65 bits per heavy atom. The van der Waals surface area contributed by atoms with E-state index in [2.05, 4.69) is 20.0 Å². The van der Waals surface area contributed by atoms with Crippen molar-refractivity contribution < 1.29 is 13.2 Å². The van der Waals surface area contributed by atoms with Crippen molar-refractivity contribution in [3.8, 4) is 11.3 Å². The molecule has 0 bridgehead atoms. The first-order chi connectivity index (χ1) is 16.4. The molecule has 1 aliphatic rings. The number of rotatable bonds is 4. The van der Waals surface area contributed by atoms with Gasteiger partial charge in [-0.1, -0.05) is 11.6 Å². The van der Waals surface area contributed by atoms with E-state index in [1.165, 1.54) is 4.31 Å². The summed E-state index contributed by atoms with van der Waals surface area (Å²) in [7, 11) is -3.55. The number of carbonyl (C=O) groups is 1. The van der Waals surface area contributed by atoms with Crippen LogP contribution in [0.4, 0.5) is 11.4 Å². The van der Waals surface area contributed by atoms with Gasteiger partial charge in [0.05, 0.1) is 21.9 Å². The van der Waals surface area contributed by atoms with Crippen molar-refractivity contribution in [2.24, 2.45) is 0 Å². The number of fused-ring (bicyclic) bond motifs is 1. The molecule has 0 spiro atoms. The maximum atomic E-state index is 12.9. The Balaban J connectivity index is 1.39. The molecule has 0 saturated carbocycles. The minimum atomic E-state index is -3.55. The molecule has 4 aromatic rings. The van der Waals surface area contributed by atoms with E-state index in [9.17, 15) is 13.2 Å². The molecule has 0 unspecified atom stereocenters. The van der Waals surface area contributed by atoms with Crippen LogP contribution in [0.2, 0.25) is 5.02 Å². The van der Waals surface area contributed by atoms with Crippen LogP contribution in [-0.4, -0.2) is 37.4 Å². The number of hydrogen-bond acceptors (Lipinski definition) is 5. The molecule has 1 aliphatic heterocycles. The Labute approximate surface area is 201 Å². The van der Waals surface area contributed by atoms with E-state index in [0.717, 1.165) is 10.9 Å². The molecule has 2 aromatic heterocycles. The van der Waals surface area contributed by atoms with Crippen LogP contribution in [0.1, 0.15) is 16.8 Å². The largest absolute Gasteiger partial charge is 0.322 e. The van der Waals surface area contributed by atoms with Gasteiger partial charge in [-0.25, -0.2) is 0 Å². The van der Waals surface area contributed by atoms with Crippen molar-refractivity contribution in [1.82, 2.24) is 14.7 Å². The van der Waals surface area contributed by atoms with Crippen molar-refractivity contribution >= 4 is 50.0 Å². The smallest absolute Gasteiger partial charge is 0.301 e. The molecule has 2 N–H and O–H groups in total. The van der Waals surface area contributed by atoms with Crippen LogP contribution in [0.3, 0.4) is 0 Å². The molecule has 5 rings (SSSR count). The van der Waals surface area contributed by atoms with E-state index >= 15 is 0 Å². The summed E-state index contributed by atoms with van der Waals surface area (Å²) < 4.78 is 28.2. The molecular weight excluding hydrogens is 474 g/mol. The molecule has 0 atom stereocenters. The summed E-state index contributed by atoms with van der Waals surface area (Å²) in [5.41, 5.74) is 3.61. The lowest BCUT2D eigenvalue weighted by molar-refractivity contribution is 0.102. The fourth-order valence-electron chi connectivity index (χ4n) is 3.87. The van der Waals surface area contributed by atoms with Gasteiger partial charge in [0.1, 0.15) is 0 Å². The van der Waals surface area contributed by atoms with E-state index in [1.807, 2.05) is 18.2 Å². The first kappa shape index (κ1) is 22.3. The van der Waals surface area contributed by atoms with E-state index in [4.69, 9.17) is 11.6 Å². The molecule has 0 radical (unpaired) electrons. The zero-order chi connectivity index (χ0) is 23.7. The Morgan fingerprint density at radius 1 is 1.03 bits per heavy atom. The second-order valence-corrected chi connectivity index (χ2v) is 9.84. The number of halogens is 1.